The quantitative estimate of drug-likeness (QED) is 0.675. The van der Waals surface area contributed by atoms with Crippen LogP contribution in [0.4, 0.5) is 0 Å². The zero-order valence-electron chi connectivity index (χ0n) is 13.0. The van der Waals surface area contributed by atoms with Gasteiger partial charge in [-0.15, -0.1) is 0 Å². The number of sulfonamides is 1. The van der Waals surface area contributed by atoms with E-state index in [4.69, 9.17) is 5.11 Å². The fourth-order valence-corrected chi connectivity index (χ4v) is 4.27. The number of rotatable bonds is 6. The van der Waals surface area contributed by atoms with E-state index in [9.17, 15) is 21.6 Å². The van der Waals surface area contributed by atoms with E-state index < -0.39 is 26.2 Å². The third-order valence-corrected chi connectivity index (χ3v) is 6.52. The number of aromatic carboxylic acids is 1. The Balaban J connectivity index is 1.93. The van der Waals surface area contributed by atoms with Crippen LogP contribution >= 0.6 is 0 Å². The Morgan fingerprint density at radius 3 is 2.00 bits per heavy atom. The number of carboxylic acid groups (broad SMARTS) is 1. The van der Waals surface area contributed by atoms with Crippen LogP contribution in [0.25, 0.3) is 0 Å². The van der Waals surface area contributed by atoms with Crippen molar-refractivity contribution < 1.29 is 26.7 Å². The van der Waals surface area contributed by atoms with Gasteiger partial charge in [0.25, 0.3) is 10.2 Å². The van der Waals surface area contributed by atoms with Gasteiger partial charge >= 0.3 is 5.97 Å². The Kier molecular flexibility index (Phi) is 5.60. The van der Waals surface area contributed by atoms with Crippen LogP contribution in [0.2, 0.25) is 0 Å². The average Bonchev–Trinajstić information content (AvgIpc) is 2.53. The van der Waals surface area contributed by atoms with Crippen molar-refractivity contribution >= 4 is 26.2 Å². The van der Waals surface area contributed by atoms with E-state index in [0.29, 0.717) is 5.56 Å². The smallest absolute Gasteiger partial charge is 0.335 e. The third kappa shape index (κ3) is 4.74. The molecule has 1 heterocycles. The van der Waals surface area contributed by atoms with Crippen LogP contribution < -0.4 is 4.72 Å². The molecule has 2 N–H and O–H groups in total. The molecule has 1 aromatic rings. The van der Waals surface area contributed by atoms with Crippen LogP contribution in [0.1, 0.15) is 15.9 Å². The highest BCUT2D eigenvalue weighted by atomic mass is 32.2. The lowest BCUT2D eigenvalue weighted by Gasteiger charge is -2.32. The van der Waals surface area contributed by atoms with E-state index in [-0.39, 0.29) is 38.3 Å². The summed E-state index contributed by atoms with van der Waals surface area (Å²) in [5.41, 5.74) is 0.747. The third-order valence-electron chi connectivity index (χ3n) is 3.67. The second-order valence-corrected chi connectivity index (χ2v) is 9.13. The van der Waals surface area contributed by atoms with Crippen molar-refractivity contribution in [1.29, 1.82) is 0 Å². The summed E-state index contributed by atoms with van der Waals surface area (Å²) in [5.74, 6) is -1.05. The predicted molar refractivity (Wildman–Crippen MR) is 87.2 cm³/mol. The molecule has 0 radical (unpaired) electrons. The molecule has 0 aromatic heterocycles. The fourth-order valence-electron chi connectivity index (χ4n) is 2.27. The summed E-state index contributed by atoms with van der Waals surface area (Å²) in [4.78, 5) is 10.8. The van der Waals surface area contributed by atoms with Crippen molar-refractivity contribution in [3.05, 3.63) is 35.4 Å². The maximum atomic E-state index is 12.2. The fraction of sp³-hybridized carbons (Fsp3) is 0.462. The molecular formula is C13H19N3O6S2. The SMILES string of the molecule is CS(=O)(=O)N1CCN(S(=O)(=O)NCc2ccc(C(=O)O)cc2)CC1. The van der Waals surface area contributed by atoms with Crippen LogP contribution in [0.15, 0.2) is 24.3 Å². The van der Waals surface area contributed by atoms with Gasteiger partial charge in [-0.2, -0.15) is 21.8 Å². The van der Waals surface area contributed by atoms with E-state index in [1.807, 2.05) is 0 Å². The molecule has 9 nitrogen and oxygen atoms in total. The molecule has 0 atom stereocenters. The van der Waals surface area contributed by atoms with Crippen molar-refractivity contribution in [2.24, 2.45) is 0 Å². The Bertz CT molecular complexity index is 797. The molecule has 0 saturated carbocycles. The number of carboxylic acids is 1. The van der Waals surface area contributed by atoms with Crippen LogP contribution in [0, 0.1) is 0 Å². The molecule has 134 valence electrons. The lowest BCUT2D eigenvalue weighted by Crippen LogP contribution is -2.52. The van der Waals surface area contributed by atoms with Crippen molar-refractivity contribution in [3.63, 3.8) is 0 Å². The first-order valence-corrected chi connectivity index (χ1v) is 10.4. The number of nitrogens with one attached hydrogen (secondary N) is 1. The molecule has 1 aromatic carbocycles. The number of benzene rings is 1. The van der Waals surface area contributed by atoms with E-state index in [1.165, 1.54) is 32.9 Å². The largest absolute Gasteiger partial charge is 0.478 e. The first kappa shape index (κ1) is 18.8. The molecule has 1 saturated heterocycles. The molecular weight excluding hydrogens is 358 g/mol. The molecule has 1 aliphatic heterocycles. The first-order valence-electron chi connectivity index (χ1n) is 7.12. The minimum absolute atomic E-state index is 0.0223. The molecule has 1 fully saturated rings. The number of nitrogens with zero attached hydrogens (tertiary/aromatic N) is 2. The monoisotopic (exact) mass is 377 g/mol. The van der Waals surface area contributed by atoms with Crippen LogP contribution in [0.5, 0.6) is 0 Å². The Hall–Kier alpha value is -1.53. The summed E-state index contributed by atoms with van der Waals surface area (Å²) in [7, 11) is -7.05. The highest BCUT2D eigenvalue weighted by Crippen LogP contribution is 2.10. The van der Waals surface area contributed by atoms with Crippen LogP contribution in [0.3, 0.4) is 0 Å². The van der Waals surface area contributed by atoms with Gasteiger partial charge in [0.2, 0.25) is 10.0 Å². The van der Waals surface area contributed by atoms with Gasteiger partial charge in [-0.1, -0.05) is 12.1 Å². The molecule has 0 aliphatic carbocycles. The summed E-state index contributed by atoms with van der Waals surface area (Å²) in [6.07, 6.45) is 1.09. The Morgan fingerprint density at radius 2 is 1.54 bits per heavy atom. The second-order valence-electron chi connectivity index (χ2n) is 5.39. The number of hydrogen-bond acceptors (Lipinski definition) is 5. The topological polar surface area (TPSA) is 124 Å². The maximum Gasteiger partial charge on any atom is 0.335 e. The summed E-state index contributed by atoms with van der Waals surface area (Å²) < 4.78 is 52.2. The Labute approximate surface area is 141 Å². The van der Waals surface area contributed by atoms with Crippen LogP contribution in [-0.4, -0.2) is 69.0 Å². The molecule has 1 aliphatic rings. The van der Waals surface area contributed by atoms with Gasteiger partial charge in [-0.05, 0) is 17.7 Å². The zero-order valence-corrected chi connectivity index (χ0v) is 14.7. The van der Waals surface area contributed by atoms with Crippen molar-refractivity contribution in [3.8, 4) is 0 Å². The van der Waals surface area contributed by atoms with Gasteiger partial charge in [0.1, 0.15) is 0 Å². The summed E-state index contributed by atoms with van der Waals surface area (Å²) >= 11 is 0. The normalized spacial score (nSPS) is 17.7. The van der Waals surface area contributed by atoms with E-state index >= 15 is 0 Å². The standard InChI is InChI=1S/C13H19N3O6S2/c1-23(19,20)15-6-8-16(9-7-15)24(21,22)14-10-11-2-4-12(5-3-11)13(17)18/h2-5,14H,6-10H2,1H3,(H,17,18). The summed E-state index contributed by atoms with van der Waals surface area (Å²) in [6.45, 7) is 0.426. The van der Waals surface area contributed by atoms with Gasteiger partial charge in [0, 0.05) is 32.7 Å². The molecule has 0 bridgehead atoms. The van der Waals surface area contributed by atoms with Gasteiger partial charge in [0.15, 0.2) is 0 Å². The summed E-state index contributed by atoms with van der Waals surface area (Å²) in [6, 6.07) is 5.87. The second kappa shape index (κ2) is 7.15. The van der Waals surface area contributed by atoms with Crippen molar-refractivity contribution in [1.82, 2.24) is 13.3 Å². The van der Waals surface area contributed by atoms with E-state index in [1.54, 1.807) is 0 Å². The molecule has 2 rings (SSSR count). The first-order chi connectivity index (χ1) is 11.1. The van der Waals surface area contributed by atoms with Gasteiger partial charge in [0.05, 0.1) is 11.8 Å². The van der Waals surface area contributed by atoms with Crippen LogP contribution in [-0.2, 0) is 26.8 Å². The van der Waals surface area contributed by atoms with Crippen molar-refractivity contribution in [2.75, 3.05) is 32.4 Å². The highest BCUT2D eigenvalue weighted by molar-refractivity contribution is 7.88. The van der Waals surface area contributed by atoms with E-state index in [2.05, 4.69) is 4.72 Å². The van der Waals surface area contributed by atoms with Gasteiger partial charge in [-0.25, -0.2) is 13.2 Å². The number of hydrogen-bond donors (Lipinski definition) is 2. The lowest BCUT2D eigenvalue weighted by atomic mass is 10.1. The van der Waals surface area contributed by atoms with Gasteiger partial charge < -0.3 is 5.11 Å². The number of piperazine rings is 1. The van der Waals surface area contributed by atoms with Gasteiger partial charge in [-0.3, -0.25) is 0 Å². The molecule has 0 spiro atoms. The van der Waals surface area contributed by atoms with Crippen molar-refractivity contribution in [2.45, 2.75) is 6.54 Å². The summed E-state index contributed by atoms with van der Waals surface area (Å²) in [5, 5.41) is 8.82. The molecule has 0 unspecified atom stereocenters. The molecule has 24 heavy (non-hydrogen) atoms. The van der Waals surface area contributed by atoms with E-state index in [0.717, 1.165) is 6.26 Å². The highest BCUT2D eigenvalue weighted by Gasteiger charge is 2.29. The maximum absolute atomic E-state index is 12.2. The minimum atomic E-state index is -3.73. The molecule has 11 heteroatoms. The Morgan fingerprint density at radius 1 is 1.04 bits per heavy atom. The molecule has 0 amide bonds. The number of carbonyl (C=O) groups is 1. The zero-order chi connectivity index (χ0) is 18.0. The minimum Gasteiger partial charge on any atom is -0.478 e. The predicted octanol–water partition coefficient (Wildman–Crippen LogP) is -0.704. The lowest BCUT2D eigenvalue weighted by molar-refractivity contribution is 0.0697. The average molecular weight is 377 g/mol.